The number of rotatable bonds is 13. The monoisotopic (exact) mass is 606 g/mol. The standard InChI is InChI=1S/C32H47FN4O4.ClH/c1-9-36-30(40)23(16-21-12-15-26(38)24(17-21)32(4,5)6)27(34)29(39)28(19(2)3)37(8)31(41)25(35-7)18-20-10-13-22(33)14-11-20;/h10-15,17,19,23,25,27-28,35,38H,9,16,18,34H2,1-8H3,(H,36,40);1H/t23-,25+,27?,28+;/m1./s1. The van der Waals surface area contributed by atoms with Crippen LogP contribution in [-0.2, 0) is 32.6 Å². The summed E-state index contributed by atoms with van der Waals surface area (Å²) in [5.74, 6) is -2.42. The Kier molecular flexibility index (Phi) is 14.1. The minimum atomic E-state index is -1.18. The van der Waals surface area contributed by atoms with Gasteiger partial charge in [-0.05, 0) is 73.0 Å². The fraction of sp³-hybridized carbons (Fsp3) is 0.531. The van der Waals surface area contributed by atoms with E-state index < -0.39 is 29.8 Å². The number of phenols is 1. The van der Waals surface area contributed by atoms with Crippen molar-refractivity contribution >= 4 is 30.0 Å². The number of benzene rings is 2. The van der Waals surface area contributed by atoms with Gasteiger partial charge in [-0.15, -0.1) is 12.4 Å². The van der Waals surface area contributed by atoms with Gasteiger partial charge in [0.15, 0.2) is 5.78 Å². The highest BCUT2D eigenvalue weighted by Crippen LogP contribution is 2.32. The fourth-order valence-electron chi connectivity index (χ4n) is 5.17. The number of Topliss-reactive ketones (excluding diaryl/α,β-unsaturated/α-hetero) is 1. The number of amides is 2. The number of nitrogens with two attached hydrogens (primary N) is 1. The van der Waals surface area contributed by atoms with Crippen LogP contribution in [-0.4, -0.2) is 66.4 Å². The molecule has 0 heterocycles. The second kappa shape index (κ2) is 16.0. The Balaban J connectivity index is 0.00000882. The van der Waals surface area contributed by atoms with Gasteiger partial charge >= 0.3 is 0 Å². The van der Waals surface area contributed by atoms with E-state index in [9.17, 15) is 23.9 Å². The van der Waals surface area contributed by atoms with Gasteiger partial charge in [0.25, 0.3) is 0 Å². The first-order valence-electron chi connectivity index (χ1n) is 14.2. The molecule has 0 spiro atoms. The molecule has 0 bridgehead atoms. The number of nitrogens with one attached hydrogen (secondary N) is 2. The maximum Gasteiger partial charge on any atom is 0.240 e. The molecule has 0 aliphatic carbocycles. The molecule has 5 N–H and O–H groups in total. The zero-order valence-corrected chi connectivity index (χ0v) is 26.8. The van der Waals surface area contributed by atoms with E-state index in [1.54, 1.807) is 45.3 Å². The largest absolute Gasteiger partial charge is 0.508 e. The molecule has 42 heavy (non-hydrogen) atoms. The van der Waals surface area contributed by atoms with Crippen molar-refractivity contribution < 1.29 is 23.9 Å². The first-order chi connectivity index (χ1) is 19.1. The van der Waals surface area contributed by atoms with Gasteiger partial charge < -0.3 is 26.4 Å². The molecular weight excluding hydrogens is 559 g/mol. The Labute approximate surface area is 256 Å². The molecule has 0 aliphatic heterocycles. The molecule has 2 aromatic rings. The summed E-state index contributed by atoms with van der Waals surface area (Å²) in [6.45, 7) is 11.8. The fourth-order valence-corrected chi connectivity index (χ4v) is 5.17. The third-order valence-corrected chi connectivity index (χ3v) is 7.46. The minimum absolute atomic E-state index is 0. The lowest BCUT2D eigenvalue weighted by molar-refractivity contribution is -0.143. The first kappa shape index (κ1) is 37.0. The van der Waals surface area contributed by atoms with Crippen molar-refractivity contribution in [2.24, 2.45) is 17.6 Å². The van der Waals surface area contributed by atoms with Gasteiger partial charge in [-0.25, -0.2) is 4.39 Å². The summed E-state index contributed by atoms with van der Waals surface area (Å²) in [5.41, 5.74) is 8.51. The van der Waals surface area contributed by atoms with E-state index in [1.807, 2.05) is 40.7 Å². The van der Waals surface area contributed by atoms with Gasteiger partial charge in [-0.2, -0.15) is 0 Å². The molecule has 0 saturated carbocycles. The number of likely N-dealkylation sites (N-methyl/N-ethyl adjacent to an activating group) is 2. The molecule has 0 aliphatic rings. The lowest BCUT2D eigenvalue weighted by Gasteiger charge is -2.35. The highest BCUT2D eigenvalue weighted by Gasteiger charge is 2.40. The van der Waals surface area contributed by atoms with Crippen molar-refractivity contribution in [1.82, 2.24) is 15.5 Å². The number of nitrogens with zero attached hydrogens (tertiary/aromatic N) is 1. The summed E-state index contributed by atoms with van der Waals surface area (Å²) in [5, 5.41) is 16.2. The smallest absolute Gasteiger partial charge is 0.240 e. The third kappa shape index (κ3) is 9.51. The van der Waals surface area contributed by atoms with E-state index in [0.717, 1.165) is 16.7 Å². The molecule has 0 fully saturated rings. The maximum atomic E-state index is 14.0. The van der Waals surface area contributed by atoms with Crippen molar-refractivity contribution in [3.8, 4) is 5.75 Å². The number of hydrogen-bond acceptors (Lipinski definition) is 6. The molecule has 2 aromatic carbocycles. The maximum absolute atomic E-state index is 14.0. The van der Waals surface area contributed by atoms with E-state index in [-0.39, 0.29) is 53.5 Å². The zero-order valence-electron chi connectivity index (χ0n) is 26.0. The molecule has 2 amide bonds. The van der Waals surface area contributed by atoms with E-state index in [4.69, 9.17) is 5.73 Å². The zero-order chi connectivity index (χ0) is 31.1. The van der Waals surface area contributed by atoms with E-state index in [0.29, 0.717) is 13.0 Å². The Bertz CT molecular complexity index is 1200. The van der Waals surface area contributed by atoms with Crippen molar-refractivity contribution in [2.45, 2.75) is 77.9 Å². The van der Waals surface area contributed by atoms with Crippen LogP contribution in [0.5, 0.6) is 5.75 Å². The van der Waals surface area contributed by atoms with Crippen LogP contribution in [0, 0.1) is 17.7 Å². The number of hydrogen-bond donors (Lipinski definition) is 4. The lowest BCUT2D eigenvalue weighted by atomic mass is 9.81. The van der Waals surface area contributed by atoms with Crippen molar-refractivity contribution in [1.29, 1.82) is 0 Å². The van der Waals surface area contributed by atoms with Crippen LogP contribution >= 0.6 is 12.4 Å². The molecule has 4 atom stereocenters. The van der Waals surface area contributed by atoms with Gasteiger partial charge in [0, 0.05) is 13.6 Å². The average Bonchev–Trinajstić information content (AvgIpc) is 2.90. The summed E-state index contributed by atoms with van der Waals surface area (Å²) >= 11 is 0. The molecule has 1 unspecified atom stereocenters. The SMILES string of the molecule is CCNC(=O)[C@H](Cc1ccc(O)c(C(C)(C)C)c1)C(N)C(=O)[C@H](C(C)C)N(C)C(=O)[C@H](Cc1ccc(F)cc1)NC.Cl. The number of carbonyl (C=O) groups is 3. The predicted molar refractivity (Wildman–Crippen MR) is 167 cm³/mol. The number of halogens is 2. The minimum Gasteiger partial charge on any atom is -0.508 e. The van der Waals surface area contributed by atoms with E-state index >= 15 is 0 Å². The Morgan fingerprint density at radius 3 is 2.10 bits per heavy atom. The normalized spacial score (nSPS) is 14.4. The summed E-state index contributed by atoms with van der Waals surface area (Å²) in [4.78, 5) is 42.1. The summed E-state index contributed by atoms with van der Waals surface area (Å²) in [6, 6.07) is 8.41. The highest BCUT2D eigenvalue weighted by atomic mass is 35.5. The second-order valence-electron chi connectivity index (χ2n) is 12.0. The van der Waals surface area contributed by atoms with Gasteiger partial charge in [0.05, 0.1) is 24.0 Å². The van der Waals surface area contributed by atoms with Crippen LogP contribution in [0.2, 0.25) is 0 Å². The number of carbonyl (C=O) groups excluding carboxylic acids is 3. The molecular formula is C32H48ClFN4O4. The predicted octanol–water partition coefficient (Wildman–Crippen LogP) is 3.76. The first-order valence-corrected chi connectivity index (χ1v) is 14.2. The average molecular weight is 607 g/mol. The second-order valence-corrected chi connectivity index (χ2v) is 12.0. The van der Waals surface area contributed by atoms with E-state index in [1.165, 1.54) is 17.0 Å². The molecule has 0 aromatic heterocycles. The molecule has 0 saturated heterocycles. The topological polar surface area (TPSA) is 125 Å². The Morgan fingerprint density at radius 1 is 1.02 bits per heavy atom. The van der Waals surface area contributed by atoms with Gasteiger partial charge in [-0.1, -0.05) is 58.9 Å². The summed E-state index contributed by atoms with van der Waals surface area (Å²) in [6.07, 6.45) is 0.498. The van der Waals surface area contributed by atoms with Gasteiger partial charge in [0.2, 0.25) is 11.8 Å². The molecule has 234 valence electrons. The lowest BCUT2D eigenvalue weighted by Crippen LogP contribution is -2.58. The molecule has 8 nitrogen and oxygen atoms in total. The van der Waals surface area contributed by atoms with Crippen LogP contribution in [0.25, 0.3) is 0 Å². The quantitative estimate of drug-likeness (QED) is 0.275. The van der Waals surface area contributed by atoms with Crippen molar-refractivity contribution in [3.05, 3.63) is 65.0 Å². The van der Waals surface area contributed by atoms with Gasteiger partial charge in [-0.3, -0.25) is 14.4 Å². The number of aromatic hydroxyl groups is 1. The Hall–Kier alpha value is -3.01. The Morgan fingerprint density at radius 2 is 1.60 bits per heavy atom. The van der Waals surface area contributed by atoms with Crippen molar-refractivity contribution in [2.75, 3.05) is 20.6 Å². The van der Waals surface area contributed by atoms with Crippen molar-refractivity contribution in [3.63, 3.8) is 0 Å². The molecule has 0 radical (unpaired) electrons. The van der Waals surface area contributed by atoms with Crippen LogP contribution < -0.4 is 16.4 Å². The highest BCUT2D eigenvalue weighted by molar-refractivity contribution is 5.97. The third-order valence-electron chi connectivity index (χ3n) is 7.46. The molecule has 2 rings (SSSR count). The van der Waals surface area contributed by atoms with E-state index in [2.05, 4.69) is 10.6 Å². The summed E-state index contributed by atoms with van der Waals surface area (Å²) < 4.78 is 13.4. The summed E-state index contributed by atoms with van der Waals surface area (Å²) in [7, 11) is 3.23. The number of phenolic OH excluding ortho intramolecular Hbond substituents is 1. The van der Waals surface area contributed by atoms with Crippen LogP contribution in [0.4, 0.5) is 4.39 Å². The van der Waals surface area contributed by atoms with Crippen LogP contribution in [0.3, 0.4) is 0 Å². The van der Waals surface area contributed by atoms with Gasteiger partial charge in [0.1, 0.15) is 11.6 Å². The molecule has 10 heteroatoms. The number of ketones is 1. The van der Waals surface area contributed by atoms with Crippen LogP contribution in [0.1, 0.15) is 58.2 Å². The van der Waals surface area contributed by atoms with Crippen LogP contribution in [0.15, 0.2) is 42.5 Å².